The lowest BCUT2D eigenvalue weighted by Gasteiger charge is -2.13. The van der Waals surface area contributed by atoms with Crippen molar-refractivity contribution >= 4 is 24.0 Å². The number of carbonyl (C=O) groups is 2. The summed E-state index contributed by atoms with van der Waals surface area (Å²) >= 11 is 0.699. The summed E-state index contributed by atoms with van der Waals surface area (Å²) in [4.78, 5) is 21.5. The summed E-state index contributed by atoms with van der Waals surface area (Å²) in [6.45, 7) is 1.22. The van der Waals surface area contributed by atoms with Crippen LogP contribution in [0.1, 0.15) is 13.3 Å². The Morgan fingerprint density at radius 2 is 2.13 bits per heavy atom. The van der Waals surface area contributed by atoms with Gasteiger partial charge in [-0.2, -0.15) is 0 Å². The van der Waals surface area contributed by atoms with Gasteiger partial charge in [0.1, 0.15) is 6.10 Å². The van der Waals surface area contributed by atoms with Gasteiger partial charge in [0.25, 0.3) is 0 Å². The summed E-state index contributed by atoms with van der Waals surface area (Å²) in [6, 6.07) is 0. The summed E-state index contributed by atoms with van der Waals surface area (Å²) in [7, 11) is 1.23. The highest BCUT2D eigenvalue weighted by atomic mass is 32.2. The summed E-state index contributed by atoms with van der Waals surface area (Å²) in [5, 5.41) is 11.2. The minimum atomic E-state index is -0.685. The minimum Gasteiger partial charge on any atom is -0.469 e. The molecule has 0 spiro atoms. The number of carbonyl (C=O) groups excluding carboxylic acids is 2. The molecule has 0 rings (SSSR count). The Kier molecular flexibility index (Phi) is 8.01. The van der Waals surface area contributed by atoms with E-state index >= 15 is 0 Å². The molecule has 0 aromatic heterocycles. The zero-order valence-electron chi connectivity index (χ0n) is 8.30. The highest BCUT2D eigenvalue weighted by Gasteiger charge is 2.18. The Balaban J connectivity index is 3.94. The molecule has 1 atom stereocenters. The fraction of sp³-hybridized carbons (Fsp3) is 0.714. The molecule has 0 aromatic carbocycles. The fourth-order valence-electron chi connectivity index (χ4n) is 0.764. The Morgan fingerprint density at radius 1 is 1.47 bits per heavy atom. The van der Waals surface area contributed by atoms with E-state index in [2.05, 4.69) is 14.1 Å². The average molecular weight is 240 g/mol. The fourth-order valence-corrected chi connectivity index (χ4v) is 1.20. The molecule has 1 unspecified atom stereocenters. The first-order valence-electron chi connectivity index (χ1n) is 3.94. The van der Waals surface area contributed by atoms with E-state index in [-0.39, 0.29) is 12.2 Å². The van der Waals surface area contributed by atoms with Gasteiger partial charge in [-0.05, 0) is 0 Å². The molecular weight excluding hydrogens is 228 g/mol. The molecule has 0 bridgehead atoms. The molecule has 0 aliphatic heterocycles. The van der Waals surface area contributed by atoms with Gasteiger partial charge in [0.2, 0.25) is 0 Å². The number of ether oxygens (including phenoxy) is 2. The van der Waals surface area contributed by atoms with Crippen molar-refractivity contribution in [2.24, 2.45) is 0 Å². The monoisotopic (exact) mass is 240 g/mol. The molecule has 8 heteroatoms. The van der Waals surface area contributed by atoms with Crippen LogP contribution in [0.15, 0.2) is 0 Å². The van der Waals surface area contributed by atoms with Crippen LogP contribution >= 0.6 is 12.0 Å². The third-order valence-corrected chi connectivity index (χ3v) is 1.95. The molecule has 88 valence electrons. The maximum Gasteiger partial charge on any atom is 0.309 e. The molecule has 15 heavy (non-hydrogen) atoms. The molecule has 7 nitrogen and oxygen atoms in total. The van der Waals surface area contributed by atoms with E-state index in [0.29, 0.717) is 12.0 Å². The lowest BCUT2D eigenvalue weighted by Crippen LogP contribution is -2.23. The van der Waals surface area contributed by atoms with Crippen LogP contribution < -0.4 is 0 Å². The Morgan fingerprint density at radius 3 is 2.60 bits per heavy atom. The normalized spacial score (nSPS) is 11.9. The van der Waals surface area contributed by atoms with E-state index < -0.39 is 18.0 Å². The van der Waals surface area contributed by atoms with Gasteiger partial charge < -0.3 is 9.47 Å². The third kappa shape index (κ3) is 8.18. The third-order valence-electron chi connectivity index (χ3n) is 1.29. The number of hydrogen-bond acceptors (Lipinski definition) is 8. The molecule has 0 saturated heterocycles. The molecule has 0 aliphatic carbocycles. The number of rotatable bonds is 7. The van der Waals surface area contributed by atoms with Crippen LogP contribution in [0, 0.1) is 0 Å². The van der Waals surface area contributed by atoms with Crippen LogP contribution in [0.4, 0.5) is 0 Å². The van der Waals surface area contributed by atoms with Gasteiger partial charge in [0, 0.05) is 19.0 Å². The van der Waals surface area contributed by atoms with E-state index in [0.717, 1.165) is 0 Å². The molecule has 0 heterocycles. The highest BCUT2D eigenvalue weighted by Crippen LogP contribution is 2.11. The first-order chi connectivity index (χ1) is 7.10. The zero-order valence-corrected chi connectivity index (χ0v) is 9.11. The van der Waals surface area contributed by atoms with Gasteiger partial charge in [-0.1, -0.05) is 5.04 Å². The van der Waals surface area contributed by atoms with Crippen LogP contribution in [0.25, 0.3) is 0 Å². The van der Waals surface area contributed by atoms with Crippen LogP contribution in [-0.2, 0) is 28.4 Å². The average Bonchev–Trinajstić information content (AvgIpc) is 2.17. The Labute approximate surface area is 90.7 Å². The Bertz CT molecular complexity index is 208. The molecule has 0 fully saturated rings. The molecule has 0 radical (unpaired) electrons. The standard InChI is InChI=1S/C7H12O7S/c1-5(8)12-6(3-7(9)11-2)4-15-14-13-10/h6,10H,3-4H2,1-2H3. The largest absolute Gasteiger partial charge is 0.469 e. The van der Waals surface area contributed by atoms with E-state index in [4.69, 9.17) is 9.99 Å². The molecular formula is C7H12O7S. The van der Waals surface area contributed by atoms with Crippen molar-refractivity contribution in [2.45, 2.75) is 19.4 Å². The summed E-state index contributed by atoms with van der Waals surface area (Å²) < 4.78 is 13.3. The van der Waals surface area contributed by atoms with Crippen molar-refractivity contribution in [1.29, 1.82) is 0 Å². The lowest BCUT2D eigenvalue weighted by atomic mass is 10.3. The summed E-state index contributed by atoms with van der Waals surface area (Å²) in [5.41, 5.74) is 0. The number of methoxy groups -OCH3 is 1. The van der Waals surface area contributed by atoms with Crippen molar-refractivity contribution in [3.8, 4) is 0 Å². The van der Waals surface area contributed by atoms with Crippen molar-refractivity contribution < 1.29 is 33.7 Å². The van der Waals surface area contributed by atoms with Crippen molar-refractivity contribution in [2.75, 3.05) is 12.9 Å². The molecule has 0 aromatic rings. The van der Waals surface area contributed by atoms with E-state index in [9.17, 15) is 9.59 Å². The van der Waals surface area contributed by atoms with Gasteiger partial charge in [0.05, 0.1) is 19.3 Å². The first-order valence-corrected chi connectivity index (χ1v) is 4.85. The maximum absolute atomic E-state index is 10.9. The number of esters is 2. The molecule has 1 N–H and O–H groups in total. The molecule has 0 amide bonds. The molecule has 0 aliphatic rings. The predicted octanol–water partition coefficient (Wildman–Crippen LogP) is 0.551. The second kappa shape index (κ2) is 8.48. The number of hydrogen-bond donors (Lipinski definition) is 1. The van der Waals surface area contributed by atoms with Crippen LogP contribution in [0.5, 0.6) is 0 Å². The topological polar surface area (TPSA) is 91.3 Å². The zero-order chi connectivity index (χ0) is 11.7. The van der Waals surface area contributed by atoms with E-state index in [1.807, 2.05) is 0 Å². The summed E-state index contributed by atoms with van der Waals surface area (Å²) in [6.07, 6.45) is -0.771. The first kappa shape index (κ1) is 14.2. The van der Waals surface area contributed by atoms with Crippen LogP contribution in [0.3, 0.4) is 0 Å². The van der Waals surface area contributed by atoms with Crippen molar-refractivity contribution in [3.05, 3.63) is 0 Å². The van der Waals surface area contributed by atoms with E-state index in [1.165, 1.54) is 14.0 Å². The maximum atomic E-state index is 10.9. The van der Waals surface area contributed by atoms with Gasteiger partial charge in [0.15, 0.2) is 0 Å². The van der Waals surface area contributed by atoms with Gasteiger partial charge in [-0.3, -0.25) is 9.59 Å². The predicted molar refractivity (Wildman–Crippen MR) is 49.4 cm³/mol. The quantitative estimate of drug-likeness (QED) is 0.227. The minimum absolute atomic E-state index is 0.0854. The smallest absolute Gasteiger partial charge is 0.309 e. The van der Waals surface area contributed by atoms with Gasteiger partial charge >= 0.3 is 11.9 Å². The highest BCUT2D eigenvalue weighted by molar-refractivity contribution is 7.94. The Hall–Kier alpha value is -0.830. The van der Waals surface area contributed by atoms with Crippen LogP contribution in [-0.4, -0.2) is 36.2 Å². The second-order valence-corrected chi connectivity index (χ2v) is 3.14. The van der Waals surface area contributed by atoms with Gasteiger partial charge in [-0.15, -0.1) is 4.33 Å². The summed E-state index contributed by atoms with van der Waals surface area (Å²) in [5.74, 6) is -0.893. The van der Waals surface area contributed by atoms with E-state index in [1.54, 1.807) is 0 Å². The van der Waals surface area contributed by atoms with Crippen LogP contribution in [0.2, 0.25) is 0 Å². The van der Waals surface area contributed by atoms with Crippen molar-refractivity contribution in [3.63, 3.8) is 0 Å². The van der Waals surface area contributed by atoms with Gasteiger partial charge in [-0.25, -0.2) is 5.26 Å². The van der Waals surface area contributed by atoms with Crippen molar-refractivity contribution in [1.82, 2.24) is 0 Å². The SMILES string of the molecule is COC(=O)CC(CSOOO)OC(C)=O. The lowest BCUT2D eigenvalue weighted by molar-refractivity contribution is -0.432. The molecule has 0 saturated carbocycles. The second-order valence-electron chi connectivity index (χ2n) is 2.44.